The zero-order chi connectivity index (χ0) is 14.9. The molecule has 8 heteroatoms. The molecule has 0 aliphatic heterocycles. The van der Waals surface area contributed by atoms with Crippen molar-refractivity contribution in [1.29, 1.82) is 0 Å². The molecular weight excluding hydrogens is 244 g/mol. The summed E-state index contributed by atoms with van der Waals surface area (Å²) >= 11 is 0. The Morgan fingerprint density at radius 1 is 0.889 bits per heavy atom. The Kier molecular flexibility index (Phi) is 10.4. The van der Waals surface area contributed by atoms with Gasteiger partial charge < -0.3 is 31.2 Å². The smallest absolute Gasteiger partial charge is 0.325 e. The Morgan fingerprint density at radius 2 is 1.11 bits per heavy atom. The number of hydrogen-bond acceptors (Lipinski definition) is 8. The minimum absolute atomic E-state index is 0.593. The van der Waals surface area contributed by atoms with Crippen molar-refractivity contribution in [2.75, 3.05) is 14.2 Å². The lowest BCUT2D eigenvalue weighted by Crippen LogP contribution is -2.40. The van der Waals surface area contributed by atoms with Crippen LogP contribution in [0.25, 0.3) is 0 Å². The fraction of sp³-hybridized carbons (Fsp3) is 0.800. The number of aliphatic hydroxyl groups excluding tert-OH is 2. The van der Waals surface area contributed by atoms with Crippen LogP contribution in [0, 0.1) is 0 Å². The van der Waals surface area contributed by atoms with Crippen LogP contribution >= 0.6 is 0 Å². The van der Waals surface area contributed by atoms with Gasteiger partial charge in [0.2, 0.25) is 0 Å². The van der Waals surface area contributed by atoms with Gasteiger partial charge in [0, 0.05) is 0 Å². The van der Waals surface area contributed by atoms with Crippen molar-refractivity contribution in [3.63, 3.8) is 0 Å². The molecule has 8 nitrogen and oxygen atoms in total. The van der Waals surface area contributed by atoms with Gasteiger partial charge in [0.05, 0.1) is 26.4 Å². The van der Waals surface area contributed by atoms with E-state index in [0.29, 0.717) is 0 Å². The van der Waals surface area contributed by atoms with E-state index in [9.17, 15) is 9.59 Å². The molecule has 0 rings (SSSR count). The van der Waals surface area contributed by atoms with E-state index in [0.717, 1.165) is 0 Å². The predicted octanol–water partition coefficient (Wildman–Crippen LogP) is -2.26. The molecule has 0 aromatic carbocycles. The van der Waals surface area contributed by atoms with Crippen molar-refractivity contribution in [2.24, 2.45) is 11.5 Å². The summed E-state index contributed by atoms with van der Waals surface area (Å²) in [6, 6.07) is -1.84. The molecule has 0 unspecified atom stereocenters. The van der Waals surface area contributed by atoms with Crippen LogP contribution in [0.5, 0.6) is 0 Å². The maximum Gasteiger partial charge on any atom is 0.325 e. The third kappa shape index (κ3) is 7.96. The second kappa shape index (κ2) is 9.77. The van der Waals surface area contributed by atoms with Crippen molar-refractivity contribution < 1.29 is 29.3 Å². The Bertz CT molecular complexity index is 231. The van der Waals surface area contributed by atoms with Gasteiger partial charge in [-0.05, 0) is 13.8 Å². The zero-order valence-corrected chi connectivity index (χ0v) is 11.0. The molecule has 0 spiro atoms. The van der Waals surface area contributed by atoms with Crippen LogP contribution in [0.1, 0.15) is 13.8 Å². The number of rotatable bonds is 4. The van der Waals surface area contributed by atoms with E-state index >= 15 is 0 Å². The number of methoxy groups -OCH3 is 2. The van der Waals surface area contributed by atoms with Gasteiger partial charge in [-0.25, -0.2) is 0 Å². The highest BCUT2D eigenvalue weighted by molar-refractivity contribution is 5.76. The summed E-state index contributed by atoms with van der Waals surface area (Å²) in [5.41, 5.74) is 10.3. The van der Waals surface area contributed by atoms with Crippen molar-refractivity contribution >= 4 is 11.9 Å². The quantitative estimate of drug-likeness (QED) is 0.417. The van der Waals surface area contributed by atoms with Crippen LogP contribution in [-0.2, 0) is 19.1 Å². The molecule has 0 aromatic rings. The molecule has 108 valence electrons. The molecule has 0 aliphatic carbocycles. The Morgan fingerprint density at radius 3 is 1.17 bits per heavy atom. The number of carbonyl (C=O) groups excluding carboxylic acids is 2. The predicted molar refractivity (Wildman–Crippen MR) is 63.3 cm³/mol. The average molecular weight is 266 g/mol. The second-order valence-corrected chi connectivity index (χ2v) is 3.58. The summed E-state index contributed by atoms with van der Waals surface area (Å²) < 4.78 is 8.50. The van der Waals surface area contributed by atoms with Crippen LogP contribution in [0.15, 0.2) is 0 Å². The highest BCUT2D eigenvalue weighted by Gasteiger charge is 2.18. The molecule has 0 saturated carbocycles. The van der Waals surface area contributed by atoms with Crippen molar-refractivity contribution in [1.82, 2.24) is 0 Å². The molecule has 0 saturated heterocycles. The number of nitrogens with two attached hydrogens (primary N) is 2. The van der Waals surface area contributed by atoms with E-state index < -0.39 is 36.2 Å². The molecule has 6 N–H and O–H groups in total. The lowest BCUT2D eigenvalue weighted by Gasteiger charge is -2.10. The summed E-state index contributed by atoms with van der Waals surface area (Å²) in [5, 5.41) is 17.4. The second-order valence-electron chi connectivity index (χ2n) is 3.58. The van der Waals surface area contributed by atoms with Gasteiger partial charge in [0.25, 0.3) is 0 Å². The summed E-state index contributed by atoms with van der Waals surface area (Å²) in [6.07, 6.45) is -1.70. The van der Waals surface area contributed by atoms with Crippen LogP contribution in [-0.4, -0.2) is 60.7 Å². The number of hydrogen-bond donors (Lipinski definition) is 4. The fourth-order valence-electron chi connectivity index (χ4n) is 0.666. The fourth-order valence-corrected chi connectivity index (χ4v) is 0.666. The lowest BCUT2D eigenvalue weighted by molar-refractivity contribution is -0.145. The van der Waals surface area contributed by atoms with Crippen LogP contribution < -0.4 is 11.5 Å². The van der Waals surface area contributed by atoms with Gasteiger partial charge in [-0.2, -0.15) is 0 Å². The average Bonchev–Trinajstić information content (AvgIpc) is 2.35. The van der Waals surface area contributed by atoms with Gasteiger partial charge in [0.1, 0.15) is 12.1 Å². The first-order chi connectivity index (χ1) is 8.18. The van der Waals surface area contributed by atoms with Gasteiger partial charge in [-0.15, -0.1) is 0 Å². The first-order valence-electron chi connectivity index (χ1n) is 5.21. The molecule has 18 heavy (non-hydrogen) atoms. The van der Waals surface area contributed by atoms with Crippen LogP contribution in [0.2, 0.25) is 0 Å². The topological polar surface area (TPSA) is 145 Å². The van der Waals surface area contributed by atoms with E-state index in [4.69, 9.17) is 21.7 Å². The van der Waals surface area contributed by atoms with E-state index in [2.05, 4.69) is 9.47 Å². The largest absolute Gasteiger partial charge is 0.468 e. The highest BCUT2D eigenvalue weighted by atomic mass is 16.5. The van der Waals surface area contributed by atoms with E-state index in [1.807, 2.05) is 0 Å². The van der Waals surface area contributed by atoms with Crippen LogP contribution in [0.4, 0.5) is 0 Å². The minimum atomic E-state index is -0.921. The summed E-state index contributed by atoms with van der Waals surface area (Å²) in [4.78, 5) is 20.9. The van der Waals surface area contributed by atoms with E-state index in [1.165, 1.54) is 28.1 Å². The summed E-state index contributed by atoms with van der Waals surface area (Å²) in [7, 11) is 2.45. The summed E-state index contributed by atoms with van der Waals surface area (Å²) in [6.45, 7) is 2.86. The van der Waals surface area contributed by atoms with Crippen molar-refractivity contribution in [3.8, 4) is 0 Å². The Hall–Kier alpha value is -1.22. The monoisotopic (exact) mass is 266 g/mol. The third-order valence-electron chi connectivity index (χ3n) is 1.99. The molecule has 0 radical (unpaired) electrons. The molecular formula is C10H22N2O6. The molecule has 0 aliphatic rings. The zero-order valence-electron chi connectivity index (χ0n) is 11.0. The first-order valence-corrected chi connectivity index (χ1v) is 5.21. The maximum absolute atomic E-state index is 10.4. The molecule has 0 fully saturated rings. The van der Waals surface area contributed by atoms with Gasteiger partial charge in [0.15, 0.2) is 0 Å². The maximum atomic E-state index is 10.4. The number of esters is 2. The number of carbonyl (C=O) groups is 2. The summed E-state index contributed by atoms with van der Waals surface area (Å²) in [5.74, 6) is -1.19. The van der Waals surface area contributed by atoms with Crippen LogP contribution in [0.3, 0.4) is 0 Å². The molecule has 0 bridgehead atoms. The van der Waals surface area contributed by atoms with Gasteiger partial charge in [-0.1, -0.05) is 0 Å². The Balaban J connectivity index is 0. The van der Waals surface area contributed by atoms with E-state index in [1.54, 1.807) is 0 Å². The van der Waals surface area contributed by atoms with Gasteiger partial charge in [-0.3, -0.25) is 9.59 Å². The SMILES string of the molecule is COC(=O)[C@@H](N)[C@@H](C)O.COC(=O)[C@@H](N)[C@@H](C)O. The number of ether oxygens (including phenoxy) is 2. The Labute approximate surface area is 106 Å². The van der Waals surface area contributed by atoms with Gasteiger partial charge >= 0.3 is 11.9 Å². The minimum Gasteiger partial charge on any atom is -0.468 e. The normalized spacial score (nSPS) is 16.4. The molecule has 0 aromatic heterocycles. The van der Waals surface area contributed by atoms with Crippen molar-refractivity contribution in [3.05, 3.63) is 0 Å². The third-order valence-corrected chi connectivity index (χ3v) is 1.99. The highest BCUT2D eigenvalue weighted by Crippen LogP contribution is 1.90. The first kappa shape index (κ1) is 19.1. The molecule has 4 atom stereocenters. The molecule has 0 amide bonds. The molecule has 0 heterocycles. The lowest BCUT2D eigenvalue weighted by atomic mass is 10.2. The van der Waals surface area contributed by atoms with Crippen molar-refractivity contribution in [2.45, 2.75) is 38.1 Å². The number of aliphatic hydroxyl groups is 2. The van der Waals surface area contributed by atoms with E-state index in [-0.39, 0.29) is 0 Å². The standard InChI is InChI=1S/2C5H11NO3/c2*1-3(7)4(6)5(8)9-2/h2*3-4,7H,6H2,1-2H3/t2*3-,4+/m11/s1.